The highest BCUT2D eigenvalue weighted by Gasteiger charge is 2.31. The van der Waals surface area contributed by atoms with Crippen molar-refractivity contribution < 1.29 is 50.1 Å². The molecule has 2 aromatic heterocycles. The number of fused-ring (bicyclic) bond motifs is 2. The van der Waals surface area contributed by atoms with E-state index in [2.05, 4.69) is 57.9 Å². The number of ether oxygens (including phenoxy) is 3. The number of hydrogen-bond donors (Lipinski definition) is 4. The predicted molar refractivity (Wildman–Crippen MR) is 283 cm³/mol. The van der Waals surface area contributed by atoms with Crippen molar-refractivity contribution in [1.29, 1.82) is 0 Å². The van der Waals surface area contributed by atoms with Crippen molar-refractivity contribution in [3.63, 3.8) is 0 Å². The fourth-order valence-corrected chi connectivity index (χ4v) is 9.33. The number of anilines is 4. The summed E-state index contributed by atoms with van der Waals surface area (Å²) in [6, 6.07) is 40.6. The molecule has 2 aliphatic heterocycles. The minimum absolute atomic E-state index is 0.00493. The van der Waals surface area contributed by atoms with Crippen LogP contribution in [0.15, 0.2) is 163 Å². The Hall–Kier alpha value is -7.75. The lowest BCUT2D eigenvalue weighted by Gasteiger charge is -2.26. The van der Waals surface area contributed by atoms with Gasteiger partial charge in [0.15, 0.2) is 0 Å². The molecular weight excluding hydrogens is 1010 g/mol. The van der Waals surface area contributed by atoms with Gasteiger partial charge in [0.05, 0.1) is 49.2 Å². The number of halogens is 6. The molecule has 76 heavy (non-hydrogen) atoms. The average Bonchev–Trinajstić information content (AvgIpc) is 3.40. The third-order valence-corrected chi connectivity index (χ3v) is 13.0. The number of carbonyl (C=O) groups excluding carboxylic acids is 2. The Morgan fingerprint density at radius 1 is 0.526 bits per heavy atom. The van der Waals surface area contributed by atoms with Crippen LogP contribution in [-0.4, -0.2) is 96.3 Å². The number of nitrogens with zero attached hydrogens (tertiary/aromatic N) is 4. The first-order chi connectivity index (χ1) is 36.7. The van der Waals surface area contributed by atoms with Gasteiger partial charge in [0, 0.05) is 89.8 Å². The molecule has 0 radical (unpaired) electrons. The first kappa shape index (κ1) is 53.1. The summed E-state index contributed by atoms with van der Waals surface area (Å²) >= 11 is -0.228. The summed E-state index contributed by atoms with van der Waals surface area (Å²) in [6.07, 6.45) is -1.05. The van der Waals surface area contributed by atoms with Gasteiger partial charge in [-0.05, 0) is 100 Å². The lowest BCUT2D eigenvalue weighted by atomic mass is 9.98. The van der Waals surface area contributed by atoms with E-state index in [0.717, 1.165) is 133 Å². The number of amides is 4. The van der Waals surface area contributed by atoms with Gasteiger partial charge in [0.25, 0.3) is 0 Å². The highest BCUT2D eigenvalue weighted by molar-refractivity contribution is 8.00. The van der Waals surface area contributed by atoms with Crippen LogP contribution >= 0.6 is 11.8 Å². The van der Waals surface area contributed by atoms with Crippen LogP contribution in [0.2, 0.25) is 0 Å². The van der Waals surface area contributed by atoms with Gasteiger partial charge in [-0.25, -0.2) is 9.59 Å². The Labute approximate surface area is 437 Å². The maximum atomic E-state index is 12.7. The van der Waals surface area contributed by atoms with Gasteiger partial charge < -0.3 is 35.5 Å². The quantitative estimate of drug-likeness (QED) is 0.0690. The van der Waals surface area contributed by atoms with E-state index in [1.165, 1.54) is 36.4 Å². The van der Waals surface area contributed by atoms with Crippen LogP contribution in [0.4, 0.5) is 58.7 Å². The minimum atomic E-state index is -4.78. The van der Waals surface area contributed by atoms with E-state index >= 15 is 0 Å². The fraction of sp³-hybridized carbons (Fsp3) is 0.214. The van der Waals surface area contributed by atoms with Crippen molar-refractivity contribution in [3.05, 3.63) is 169 Å². The van der Waals surface area contributed by atoms with Gasteiger partial charge in [-0.1, -0.05) is 78.9 Å². The molecule has 20 heteroatoms. The van der Waals surface area contributed by atoms with Gasteiger partial charge in [0.2, 0.25) is 0 Å². The molecule has 2 saturated heterocycles. The number of pyridine rings is 2. The monoisotopic (exact) mass is 1060 g/mol. The number of aromatic nitrogens is 2. The van der Waals surface area contributed by atoms with E-state index in [0.29, 0.717) is 17.1 Å². The standard InChI is InChI=1S/C28H25F3N4O3.C28H25F3N4O2S/c29-28(30,31)38-22-9-7-20(8-10-22)33-27(36)34-26-12-11-23(24-3-1-2-4-25(24)26)19-5-6-21(32-17-19)18-35-13-15-37-16-14-35;29-28(30,31)38-22-5-3-4-20(16-22)33-27(36)34-26-11-10-23(24-6-1-2-7-25(24)26)19-8-9-21(32-17-19)18-35-12-14-37-15-13-35/h1-12,17H,13-16,18H2,(H2,33,34,36);1-11,16-17H,12-15,18H2,(H2,33,34,36). The van der Waals surface area contributed by atoms with Crippen molar-refractivity contribution in [1.82, 2.24) is 19.8 Å². The van der Waals surface area contributed by atoms with Crippen LogP contribution < -0.4 is 26.0 Å². The third-order valence-electron chi connectivity index (χ3n) is 12.3. The zero-order valence-electron chi connectivity index (χ0n) is 40.6. The number of alkyl halides is 6. The molecule has 0 unspecified atom stereocenters. The summed E-state index contributed by atoms with van der Waals surface area (Å²) in [7, 11) is 0. The van der Waals surface area contributed by atoms with Crippen molar-refractivity contribution in [2.75, 3.05) is 73.9 Å². The highest BCUT2D eigenvalue weighted by Crippen LogP contribution is 2.38. The zero-order valence-corrected chi connectivity index (χ0v) is 41.4. The Bertz CT molecular complexity index is 3270. The Morgan fingerprint density at radius 2 is 1.00 bits per heavy atom. The molecule has 2 fully saturated rings. The molecule has 392 valence electrons. The smallest absolute Gasteiger partial charge is 0.406 e. The molecule has 0 atom stereocenters. The molecule has 0 saturated carbocycles. The Kier molecular flexibility index (Phi) is 17.0. The summed E-state index contributed by atoms with van der Waals surface area (Å²) in [5, 5.41) is 14.4. The van der Waals surface area contributed by atoms with E-state index in [4.69, 9.17) is 9.47 Å². The summed E-state index contributed by atoms with van der Waals surface area (Å²) < 4.78 is 89.8. The number of rotatable bonds is 12. The Morgan fingerprint density at radius 3 is 1.45 bits per heavy atom. The summed E-state index contributed by atoms with van der Waals surface area (Å²) in [6.45, 7) is 8.11. The highest BCUT2D eigenvalue weighted by atomic mass is 32.2. The van der Waals surface area contributed by atoms with E-state index in [-0.39, 0.29) is 28.1 Å². The van der Waals surface area contributed by atoms with Gasteiger partial charge in [-0.15, -0.1) is 13.2 Å². The van der Waals surface area contributed by atoms with Crippen molar-refractivity contribution in [2.24, 2.45) is 0 Å². The largest absolute Gasteiger partial charge is 0.573 e. The number of benzene rings is 6. The molecule has 2 aliphatic rings. The molecule has 4 amide bonds. The number of hydrogen-bond acceptors (Lipinski definition) is 10. The van der Waals surface area contributed by atoms with Gasteiger partial charge in [-0.3, -0.25) is 19.8 Å². The first-order valence-corrected chi connectivity index (χ1v) is 24.9. The molecule has 0 aliphatic carbocycles. The van der Waals surface area contributed by atoms with E-state index in [1.807, 2.05) is 97.3 Å². The molecule has 10 rings (SSSR count). The molecule has 4 heterocycles. The van der Waals surface area contributed by atoms with Crippen LogP contribution in [0.3, 0.4) is 0 Å². The zero-order chi connectivity index (χ0) is 53.1. The number of nitrogens with one attached hydrogen (secondary N) is 4. The molecule has 13 nitrogen and oxygen atoms in total. The maximum absolute atomic E-state index is 12.7. The number of morpholine rings is 2. The Balaban J connectivity index is 0.000000186. The lowest BCUT2D eigenvalue weighted by Crippen LogP contribution is -2.35. The summed E-state index contributed by atoms with van der Waals surface area (Å²) in [5.74, 6) is -0.367. The first-order valence-electron chi connectivity index (χ1n) is 24.1. The van der Waals surface area contributed by atoms with Crippen LogP contribution in [0.5, 0.6) is 5.75 Å². The number of urea groups is 2. The second-order valence-corrected chi connectivity index (χ2v) is 18.7. The van der Waals surface area contributed by atoms with Gasteiger partial charge >= 0.3 is 23.9 Å². The van der Waals surface area contributed by atoms with E-state index in [1.54, 1.807) is 0 Å². The summed E-state index contributed by atoms with van der Waals surface area (Å²) in [5.41, 5.74) is 3.23. The van der Waals surface area contributed by atoms with Crippen LogP contribution in [-0.2, 0) is 22.6 Å². The fourth-order valence-electron chi connectivity index (χ4n) is 8.73. The lowest BCUT2D eigenvalue weighted by molar-refractivity contribution is -0.274. The van der Waals surface area contributed by atoms with E-state index < -0.39 is 23.9 Å². The average molecular weight is 1060 g/mol. The van der Waals surface area contributed by atoms with Gasteiger partial charge in [-0.2, -0.15) is 13.2 Å². The molecule has 6 aromatic carbocycles. The van der Waals surface area contributed by atoms with Crippen LogP contribution in [0, 0.1) is 0 Å². The SMILES string of the molecule is O=C(Nc1ccc(OC(F)(F)F)cc1)Nc1ccc(-c2ccc(CN3CCOCC3)nc2)c2ccccc12.O=C(Nc1cccc(SC(F)(F)F)c1)Nc1ccc(-c2ccc(CN3CCOCC3)nc2)c2ccccc12. The topological polar surface area (TPSA) is 142 Å². The van der Waals surface area contributed by atoms with Crippen molar-refractivity contribution in [3.8, 4) is 28.0 Å². The number of thioether (sulfide) groups is 1. The predicted octanol–water partition coefficient (Wildman–Crippen LogP) is 13.3. The normalized spacial score (nSPS) is 14.3. The second kappa shape index (κ2) is 24.3. The van der Waals surface area contributed by atoms with Gasteiger partial charge in [0.1, 0.15) is 5.75 Å². The minimum Gasteiger partial charge on any atom is -0.406 e. The molecular formula is C56H50F6N8O5S. The molecule has 0 bridgehead atoms. The van der Waals surface area contributed by atoms with Crippen molar-refractivity contribution in [2.45, 2.75) is 29.9 Å². The summed E-state index contributed by atoms with van der Waals surface area (Å²) in [4.78, 5) is 39.3. The van der Waals surface area contributed by atoms with Crippen LogP contribution in [0.1, 0.15) is 11.4 Å². The van der Waals surface area contributed by atoms with Crippen molar-refractivity contribution >= 4 is 68.1 Å². The third kappa shape index (κ3) is 14.8. The second-order valence-electron chi connectivity index (χ2n) is 17.6. The number of carbonyl (C=O) groups is 2. The van der Waals surface area contributed by atoms with E-state index in [9.17, 15) is 35.9 Å². The molecule has 8 aromatic rings. The maximum Gasteiger partial charge on any atom is 0.573 e. The van der Waals surface area contributed by atoms with Crippen LogP contribution in [0.25, 0.3) is 43.8 Å². The molecule has 4 N–H and O–H groups in total. The molecule has 0 spiro atoms.